The van der Waals surface area contributed by atoms with Crippen LogP contribution in [0.3, 0.4) is 0 Å². The summed E-state index contributed by atoms with van der Waals surface area (Å²) in [7, 11) is 0. The third-order valence-electron chi connectivity index (χ3n) is 2.04. The van der Waals surface area contributed by atoms with E-state index in [2.05, 4.69) is 46.6 Å². The summed E-state index contributed by atoms with van der Waals surface area (Å²) in [4.78, 5) is 4.33. The van der Waals surface area contributed by atoms with Crippen molar-refractivity contribution in [3.05, 3.63) is 39.3 Å². The largest absolute Gasteiger partial charge is 0.440 e. The highest BCUT2D eigenvalue weighted by molar-refractivity contribution is 14.1. The SMILES string of the molecule is Cc1ccc(-c2nc(I)c(C)o2)cc1. The van der Waals surface area contributed by atoms with Crippen LogP contribution in [0.4, 0.5) is 0 Å². The van der Waals surface area contributed by atoms with Gasteiger partial charge in [0.05, 0.1) is 0 Å². The molecule has 0 saturated carbocycles. The standard InChI is InChI=1S/C11H10INO/c1-7-3-5-9(6-4-7)11-13-10(12)8(2)14-11/h3-6H,1-2H3. The zero-order chi connectivity index (χ0) is 10.1. The second kappa shape index (κ2) is 3.73. The molecule has 2 rings (SSSR count). The maximum absolute atomic E-state index is 5.52. The molecule has 0 saturated heterocycles. The molecule has 1 heterocycles. The molecule has 0 radical (unpaired) electrons. The predicted octanol–water partition coefficient (Wildman–Crippen LogP) is 3.56. The zero-order valence-corrected chi connectivity index (χ0v) is 10.2. The van der Waals surface area contributed by atoms with Crippen molar-refractivity contribution in [2.75, 3.05) is 0 Å². The van der Waals surface area contributed by atoms with E-state index in [1.54, 1.807) is 0 Å². The van der Waals surface area contributed by atoms with Gasteiger partial charge in [-0.15, -0.1) is 0 Å². The predicted molar refractivity (Wildman–Crippen MR) is 64.1 cm³/mol. The van der Waals surface area contributed by atoms with Crippen LogP contribution in [-0.4, -0.2) is 4.98 Å². The molecule has 0 aliphatic heterocycles. The van der Waals surface area contributed by atoms with Crippen molar-refractivity contribution in [1.82, 2.24) is 4.98 Å². The lowest BCUT2D eigenvalue weighted by Gasteiger charge is -1.95. The topological polar surface area (TPSA) is 26.0 Å². The van der Waals surface area contributed by atoms with E-state index in [1.165, 1.54) is 5.56 Å². The van der Waals surface area contributed by atoms with Crippen LogP contribution in [-0.2, 0) is 0 Å². The smallest absolute Gasteiger partial charge is 0.227 e. The first-order valence-electron chi connectivity index (χ1n) is 4.37. The number of rotatable bonds is 1. The van der Waals surface area contributed by atoms with Crippen LogP contribution >= 0.6 is 22.6 Å². The fourth-order valence-electron chi connectivity index (χ4n) is 1.20. The number of hydrogen-bond acceptors (Lipinski definition) is 2. The molecule has 0 amide bonds. The lowest BCUT2D eigenvalue weighted by Crippen LogP contribution is -1.78. The molecule has 0 aliphatic carbocycles. The van der Waals surface area contributed by atoms with Gasteiger partial charge in [-0.1, -0.05) is 17.7 Å². The number of oxazole rings is 1. The molecular weight excluding hydrogens is 289 g/mol. The Labute approximate surface area is 96.5 Å². The quantitative estimate of drug-likeness (QED) is 0.752. The van der Waals surface area contributed by atoms with Gasteiger partial charge in [0, 0.05) is 5.56 Å². The van der Waals surface area contributed by atoms with E-state index in [9.17, 15) is 0 Å². The average molecular weight is 299 g/mol. The van der Waals surface area contributed by atoms with Crippen molar-refractivity contribution >= 4 is 22.6 Å². The lowest BCUT2D eigenvalue weighted by atomic mass is 10.1. The highest BCUT2D eigenvalue weighted by Crippen LogP contribution is 2.22. The van der Waals surface area contributed by atoms with E-state index in [1.807, 2.05) is 19.1 Å². The summed E-state index contributed by atoms with van der Waals surface area (Å²) < 4.78 is 6.45. The Morgan fingerprint density at radius 3 is 2.29 bits per heavy atom. The van der Waals surface area contributed by atoms with E-state index >= 15 is 0 Å². The van der Waals surface area contributed by atoms with Gasteiger partial charge in [-0.3, -0.25) is 0 Å². The van der Waals surface area contributed by atoms with Gasteiger partial charge < -0.3 is 4.42 Å². The molecular formula is C11H10INO. The van der Waals surface area contributed by atoms with E-state index in [-0.39, 0.29) is 0 Å². The van der Waals surface area contributed by atoms with Gasteiger partial charge >= 0.3 is 0 Å². The number of aryl methyl sites for hydroxylation is 2. The summed E-state index contributed by atoms with van der Waals surface area (Å²) in [5.74, 6) is 1.58. The normalized spacial score (nSPS) is 10.5. The summed E-state index contributed by atoms with van der Waals surface area (Å²) in [6.45, 7) is 3.99. The molecule has 72 valence electrons. The summed E-state index contributed by atoms with van der Waals surface area (Å²) in [6.07, 6.45) is 0. The maximum atomic E-state index is 5.52. The Morgan fingerprint density at radius 2 is 1.79 bits per heavy atom. The molecule has 0 fully saturated rings. The van der Waals surface area contributed by atoms with Gasteiger partial charge in [0.25, 0.3) is 0 Å². The number of hydrogen-bond donors (Lipinski definition) is 0. The first-order chi connectivity index (χ1) is 6.66. The van der Waals surface area contributed by atoms with Crippen molar-refractivity contribution in [1.29, 1.82) is 0 Å². The monoisotopic (exact) mass is 299 g/mol. The van der Waals surface area contributed by atoms with Gasteiger partial charge in [-0.2, -0.15) is 0 Å². The molecule has 14 heavy (non-hydrogen) atoms. The van der Waals surface area contributed by atoms with Crippen molar-refractivity contribution < 1.29 is 4.42 Å². The highest BCUT2D eigenvalue weighted by Gasteiger charge is 2.07. The fourth-order valence-corrected chi connectivity index (χ4v) is 1.53. The number of nitrogens with zero attached hydrogens (tertiary/aromatic N) is 1. The molecule has 3 heteroatoms. The number of halogens is 1. The van der Waals surface area contributed by atoms with E-state index in [0.29, 0.717) is 5.89 Å². The van der Waals surface area contributed by atoms with Crippen molar-refractivity contribution in [2.45, 2.75) is 13.8 Å². The minimum absolute atomic E-state index is 0.701. The Morgan fingerprint density at radius 1 is 1.14 bits per heavy atom. The Hall–Kier alpha value is -0.840. The zero-order valence-electron chi connectivity index (χ0n) is 8.04. The van der Waals surface area contributed by atoms with Gasteiger partial charge in [-0.05, 0) is 48.6 Å². The van der Waals surface area contributed by atoms with Crippen LogP contribution in [0.1, 0.15) is 11.3 Å². The van der Waals surface area contributed by atoms with Crippen LogP contribution in [0.2, 0.25) is 0 Å². The molecule has 0 atom stereocenters. The minimum atomic E-state index is 0.701. The van der Waals surface area contributed by atoms with Crippen LogP contribution in [0.15, 0.2) is 28.7 Å². The summed E-state index contributed by atoms with van der Waals surface area (Å²) >= 11 is 2.17. The average Bonchev–Trinajstić information content (AvgIpc) is 2.48. The molecule has 1 aromatic carbocycles. The van der Waals surface area contributed by atoms with Gasteiger partial charge in [-0.25, -0.2) is 4.98 Å². The molecule has 2 nitrogen and oxygen atoms in total. The van der Waals surface area contributed by atoms with Gasteiger partial charge in [0.15, 0.2) is 0 Å². The van der Waals surface area contributed by atoms with Crippen LogP contribution in [0.25, 0.3) is 11.5 Å². The molecule has 0 N–H and O–H groups in total. The van der Waals surface area contributed by atoms with Gasteiger partial charge in [0.2, 0.25) is 5.89 Å². The first kappa shape index (κ1) is 9.71. The lowest BCUT2D eigenvalue weighted by molar-refractivity contribution is 0.541. The van der Waals surface area contributed by atoms with Crippen molar-refractivity contribution in [3.8, 4) is 11.5 Å². The summed E-state index contributed by atoms with van der Waals surface area (Å²) in [5.41, 5.74) is 2.27. The number of benzene rings is 1. The summed E-state index contributed by atoms with van der Waals surface area (Å²) in [6, 6.07) is 8.16. The van der Waals surface area contributed by atoms with E-state index < -0.39 is 0 Å². The van der Waals surface area contributed by atoms with Crippen molar-refractivity contribution in [2.24, 2.45) is 0 Å². The van der Waals surface area contributed by atoms with E-state index in [0.717, 1.165) is 15.0 Å². The summed E-state index contributed by atoms with van der Waals surface area (Å²) in [5, 5.41) is 0. The van der Waals surface area contributed by atoms with E-state index in [4.69, 9.17) is 4.42 Å². The third-order valence-corrected chi connectivity index (χ3v) is 3.04. The molecule has 0 aliphatic rings. The van der Waals surface area contributed by atoms with Gasteiger partial charge in [0.1, 0.15) is 9.46 Å². The Kier molecular flexibility index (Phi) is 2.58. The number of aromatic nitrogens is 1. The van der Waals surface area contributed by atoms with Crippen LogP contribution in [0, 0.1) is 17.5 Å². The fraction of sp³-hybridized carbons (Fsp3) is 0.182. The van der Waals surface area contributed by atoms with Crippen LogP contribution in [0.5, 0.6) is 0 Å². The molecule has 0 spiro atoms. The first-order valence-corrected chi connectivity index (χ1v) is 5.44. The van der Waals surface area contributed by atoms with Crippen molar-refractivity contribution in [3.63, 3.8) is 0 Å². The minimum Gasteiger partial charge on any atom is -0.440 e. The molecule has 0 unspecified atom stereocenters. The van der Waals surface area contributed by atoms with Crippen LogP contribution < -0.4 is 0 Å². The second-order valence-electron chi connectivity index (χ2n) is 3.23. The second-order valence-corrected chi connectivity index (χ2v) is 4.25. The maximum Gasteiger partial charge on any atom is 0.227 e. The molecule has 0 bridgehead atoms. The third kappa shape index (κ3) is 1.82. The Bertz CT molecular complexity index is 425. The molecule has 1 aromatic heterocycles. The Balaban J connectivity index is 2.44. The highest BCUT2D eigenvalue weighted by atomic mass is 127. The molecule has 2 aromatic rings.